The maximum absolute atomic E-state index is 12.5. The summed E-state index contributed by atoms with van der Waals surface area (Å²) < 4.78 is 26.2. The molecule has 0 saturated carbocycles. The molecule has 0 aliphatic carbocycles. The molecule has 0 spiro atoms. The van der Waals surface area contributed by atoms with E-state index in [4.69, 9.17) is 11.5 Å². The van der Waals surface area contributed by atoms with Gasteiger partial charge >= 0.3 is 0 Å². The molecular formula is C13H21N3O3S. The first-order valence-corrected chi connectivity index (χ1v) is 7.73. The number of anilines is 1. The Morgan fingerprint density at radius 2 is 1.95 bits per heavy atom. The third-order valence-corrected chi connectivity index (χ3v) is 4.59. The van der Waals surface area contributed by atoms with Crippen LogP contribution in [0.1, 0.15) is 19.4 Å². The first kappa shape index (κ1) is 16.5. The van der Waals surface area contributed by atoms with E-state index in [1.807, 2.05) is 13.8 Å². The number of rotatable bonds is 6. The van der Waals surface area contributed by atoms with Crippen LogP contribution in [-0.4, -0.2) is 31.7 Å². The number of nitrogen functional groups attached to an aromatic ring is 1. The van der Waals surface area contributed by atoms with Crippen LogP contribution in [0.2, 0.25) is 0 Å². The third-order valence-electron chi connectivity index (χ3n) is 2.78. The largest absolute Gasteiger partial charge is 0.399 e. The molecule has 0 atom stereocenters. The molecule has 0 bridgehead atoms. The highest BCUT2D eigenvalue weighted by Gasteiger charge is 2.26. The van der Waals surface area contributed by atoms with E-state index in [1.165, 1.54) is 12.1 Å². The molecule has 0 fully saturated rings. The summed E-state index contributed by atoms with van der Waals surface area (Å²) in [7, 11) is -3.75. The number of carbonyl (C=O) groups is 1. The molecular weight excluding hydrogens is 278 g/mol. The van der Waals surface area contributed by atoms with Gasteiger partial charge in [-0.1, -0.05) is 13.8 Å². The summed E-state index contributed by atoms with van der Waals surface area (Å²) in [6.07, 6.45) is 0. The standard InChI is InChI=1S/C13H21N3O3S/c1-9(2)7-16(8-13(15)17)20(18,19)11-4-5-12(14)10(3)6-11/h4-6,9H,7-8,14H2,1-3H3,(H2,15,17). The number of aryl methyl sites for hydroxylation is 1. The smallest absolute Gasteiger partial charge is 0.243 e. The average molecular weight is 299 g/mol. The second-order valence-corrected chi connectivity index (χ2v) is 7.11. The zero-order chi connectivity index (χ0) is 15.5. The van der Waals surface area contributed by atoms with Gasteiger partial charge in [-0.2, -0.15) is 4.31 Å². The number of nitrogens with zero attached hydrogens (tertiary/aromatic N) is 1. The third kappa shape index (κ3) is 3.94. The lowest BCUT2D eigenvalue weighted by atomic mass is 10.2. The Kier molecular flexibility index (Phi) is 5.13. The number of hydrogen-bond donors (Lipinski definition) is 2. The Labute approximate surface area is 119 Å². The fraction of sp³-hybridized carbons (Fsp3) is 0.462. The topological polar surface area (TPSA) is 106 Å². The Hall–Kier alpha value is -1.60. The molecule has 0 aliphatic rings. The van der Waals surface area contributed by atoms with Gasteiger partial charge in [0.1, 0.15) is 0 Å². The van der Waals surface area contributed by atoms with Crippen LogP contribution in [0.25, 0.3) is 0 Å². The first-order valence-electron chi connectivity index (χ1n) is 6.29. The summed E-state index contributed by atoms with van der Waals surface area (Å²) in [6.45, 7) is 5.38. The van der Waals surface area contributed by atoms with Crippen LogP contribution < -0.4 is 11.5 Å². The molecule has 1 amide bonds. The van der Waals surface area contributed by atoms with E-state index in [1.54, 1.807) is 13.0 Å². The number of nitrogens with two attached hydrogens (primary N) is 2. The SMILES string of the molecule is Cc1cc(S(=O)(=O)N(CC(N)=O)CC(C)C)ccc1N. The molecule has 0 aromatic heterocycles. The van der Waals surface area contributed by atoms with Crippen molar-refractivity contribution in [3.63, 3.8) is 0 Å². The number of carbonyl (C=O) groups excluding carboxylic acids is 1. The molecule has 0 unspecified atom stereocenters. The molecule has 0 aliphatic heterocycles. The van der Waals surface area contributed by atoms with E-state index in [2.05, 4.69) is 0 Å². The highest BCUT2D eigenvalue weighted by atomic mass is 32.2. The Morgan fingerprint density at radius 3 is 2.40 bits per heavy atom. The number of amides is 1. The van der Waals surface area contributed by atoms with Gasteiger partial charge in [-0.15, -0.1) is 0 Å². The molecule has 7 heteroatoms. The van der Waals surface area contributed by atoms with Gasteiger partial charge in [0.2, 0.25) is 15.9 Å². The van der Waals surface area contributed by atoms with Gasteiger partial charge in [0.25, 0.3) is 0 Å². The maximum atomic E-state index is 12.5. The Morgan fingerprint density at radius 1 is 1.35 bits per heavy atom. The van der Waals surface area contributed by atoms with Gasteiger partial charge in [-0.3, -0.25) is 4.79 Å². The molecule has 0 radical (unpaired) electrons. The average Bonchev–Trinajstić information content (AvgIpc) is 2.30. The van der Waals surface area contributed by atoms with Crippen LogP contribution in [0.4, 0.5) is 5.69 Å². The minimum atomic E-state index is -3.75. The Bertz CT molecular complexity index is 597. The van der Waals surface area contributed by atoms with E-state index >= 15 is 0 Å². The van der Waals surface area contributed by atoms with Gasteiger partial charge in [0.05, 0.1) is 11.4 Å². The zero-order valence-electron chi connectivity index (χ0n) is 12.0. The Balaban J connectivity index is 3.20. The molecule has 20 heavy (non-hydrogen) atoms. The predicted octanol–water partition coefficient (Wildman–Crippen LogP) is 0.709. The van der Waals surface area contributed by atoms with Crippen molar-refractivity contribution in [2.24, 2.45) is 11.7 Å². The second-order valence-electron chi connectivity index (χ2n) is 5.18. The van der Waals surface area contributed by atoms with Gasteiger partial charge < -0.3 is 11.5 Å². The van der Waals surface area contributed by atoms with Crippen molar-refractivity contribution in [3.8, 4) is 0 Å². The molecule has 6 nitrogen and oxygen atoms in total. The van der Waals surface area contributed by atoms with Crippen LogP contribution in [0.15, 0.2) is 23.1 Å². The van der Waals surface area contributed by atoms with Crippen molar-refractivity contribution in [1.29, 1.82) is 0 Å². The molecule has 0 heterocycles. The summed E-state index contributed by atoms with van der Waals surface area (Å²) in [5.74, 6) is -0.597. The van der Waals surface area contributed by atoms with Crippen LogP contribution in [-0.2, 0) is 14.8 Å². The van der Waals surface area contributed by atoms with Crippen molar-refractivity contribution < 1.29 is 13.2 Å². The highest BCUT2D eigenvalue weighted by molar-refractivity contribution is 7.89. The van der Waals surface area contributed by atoms with E-state index in [9.17, 15) is 13.2 Å². The fourth-order valence-electron chi connectivity index (χ4n) is 1.79. The second kappa shape index (κ2) is 6.23. The van der Waals surface area contributed by atoms with Crippen LogP contribution in [0.3, 0.4) is 0 Å². The van der Waals surface area contributed by atoms with Crippen LogP contribution in [0, 0.1) is 12.8 Å². The van der Waals surface area contributed by atoms with Crippen LogP contribution >= 0.6 is 0 Å². The van der Waals surface area contributed by atoms with E-state index in [0.717, 1.165) is 4.31 Å². The minimum Gasteiger partial charge on any atom is -0.399 e. The van der Waals surface area contributed by atoms with E-state index < -0.39 is 15.9 Å². The molecule has 1 aromatic rings. The zero-order valence-corrected chi connectivity index (χ0v) is 12.8. The maximum Gasteiger partial charge on any atom is 0.243 e. The summed E-state index contributed by atoms with van der Waals surface area (Å²) in [5.41, 5.74) is 12.0. The lowest BCUT2D eigenvalue weighted by molar-refractivity contribution is -0.118. The van der Waals surface area contributed by atoms with Crippen molar-refractivity contribution in [1.82, 2.24) is 4.31 Å². The highest BCUT2D eigenvalue weighted by Crippen LogP contribution is 2.21. The quantitative estimate of drug-likeness (QED) is 0.754. The van der Waals surface area contributed by atoms with Crippen molar-refractivity contribution in [3.05, 3.63) is 23.8 Å². The normalized spacial score (nSPS) is 12.1. The number of benzene rings is 1. The predicted molar refractivity (Wildman–Crippen MR) is 78.4 cm³/mol. The summed E-state index contributed by atoms with van der Waals surface area (Å²) >= 11 is 0. The molecule has 0 saturated heterocycles. The number of hydrogen-bond acceptors (Lipinski definition) is 4. The van der Waals surface area contributed by atoms with Crippen molar-refractivity contribution >= 4 is 21.6 Å². The van der Waals surface area contributed by atoms with Crippen LogP contribution in [0.5, 0.6) is 0 Å². The molecule has 1 aromatic carbocycles. The fourth-order valence-corrected chi connectivity index (χ4v) is 3.44. The lowest BCUT2D eigenvalue weighted by Crippen LogP contribution is -2.40. The number of sulfonamides is 1. The lowest BCUT2D eigenvalue weighted by Gasteiger charge is -2.23. The van der Waals surface area contributed by atoms with Gasteiger partial charge in [0.15, 0.2) is 0 Å². The summed E-state index contributed by atoms with van der Waals surface area (Å²) in [4.78, 5) is 11.2. The van der Waals surface area contributed by atoms with Gasteiger partial charge in [0, 0.05) is 12.2 Å². The number of primary amides is 1. The molecule has 112 valence electrons. The van der Waals surface area contributed by atoms with Gasteiger partial charge in [-0.25, -0.2) is 8.42 Å². The van der Waals surface area contributed by atoms with Crippen molar-refractivity contribution in [2.75, 3.05) is 18.8 Å². The first-order chi connectivity index (χ1) is 9.14. The summed E-state index contributed by atoms with van der Waals surface area (Å²) in [6, 6.07) is 4.48. The van der Waals surface area contributed by atoms with Crippen molar-refractivity contribution in [2.45, 2.75) is 25.7 Å². The molecule has 1 rings (SSSR count). The summed E-state index contributed by atoms with van der Waals surface area (Å²) in [5, 5.41) is 0. The monoisotopic (exact) mass is 299 g/mol. The van der Waals surface area contributed by atoms with Gasteiger partial charge in [-0.05, 0) is 36.6 Å². The van der Waals surface area contributed by atoms with E-state index in [-0.39, 0.29) is 23.9 Å². The minimum absolute atomic E-state index is 0.0824. The molecule has 4 N–H and O–H groups in total. The van der Waals surface area contributed by atoms with E-state index in [0.29, 0.717) is 11.3 Å².